The van der Waals surface area contributed by atoms with E-state index in [4.69, 9.17) is 24.3 Å². The van der Waals surface area contributed by atoms with Crippen molar-refractivity contribution in [1.82, 2.24) is 0 Å². The van der Waals surface area contributed by atoms with Crippen LogP contribution in [0.15, 0.2) is 60.8 Å². The predicted octanol–water partition coefficient (Wildman–Crippen LogP) is 12.5. The van der Waals surface area contributed by atoms with Crippen molar-refractivity contribution in [1.29, 1.82) is 0 Å². The summed E-state index contributed by atoms with van der Waals surface area (Å²) in [6.45, 7) is 3.56. The number of phosphoric acid groups is 1. The summed E-state index contributed by atoms with van der Waals surface area (Å²) in [5.41, 5.74) is 5.34. The van der Waals surface area contributed by atoms with Gasteiger partial charge in [0.1, 0.15) is 6.61 Å². The smallest absolute Gasteiger partial charge is 0.462 e. The molecular formula is C45H80NO8P. The van der Waals surface area contributed by atoms with Crippen molar-refractivity contribution in [2.75, 3.05) is 26.4 Å². The molecule has 0 spiro atoms. The number of esters is 2. The van der Waals surface area contributed by atoms with Crippen molar-refractivity contribution in [2.24, 2.45) is 5.73 Å². The highest BCUT2D eigenvalue weighted by Gasteiger charge is 2.26. The van der Waals surface area contributed by atoms with E-state index < -0.39 is 32.5 Å². The second kappa shape index (κ2) is 41.3. The van der Waals surface area contributed by atoms with Crippen LogP contribution in [0.4, 0.5) is 0 Å². The van der Waals surface area contributed by atoms with Gasteiger partial charge in [0.25, 0.3) is 0 Å². The minimum absolute atomic E-state index is 0.0451. The fraction of sp³-hybridized carbons (Fsp3) is 0.733. The summed E-state index contributed by atoms with van der Waals surface area (Å²) in [5, 5.41) is 0. The lowest BCUT2D eigenvalue weighted by Gasteiger charge is -2.19. The Bertz CT molecular complexity index is 1090. The van der Waals surface area contributed by atoms with E-state index in [0.717, 1.165) is 57.8 Å². The van der Waals surface area contributed by atoms with Crippen LogP contribution in [0.2, 0.25) is 0 Å². The topological polar surface area (TPSA) is 134 Å². The van der Waals surface area contributed by atoms with Gasteiger partial charge in [0.2, 0.25) is 0 Å². The third-order valence-corrected chi connectivity index (χ3v) is 9.87. The molecule has 0 bridgehead atoms. The van der Waals surface area contributed by atoms with E-state index in [-0.39, 0.29) is 32.6 Å². The van der Waals surface area contributed by atoms with Gasteiger partial charge in [0, 0.05) is 19.4 Å². The number of unbranched alkanes of at least 4 members (excludes halogenated alkanes) is 17. The van der Waals surface area contributed by atoms with E-state index in [2.05, 4.69) is 74.6 Å². The Hall–Kier alpha value is -2.29. The SMILES string of the molecule is CCC=CCC=CCC=CCC=CCCCCC(=O)OC[C@H](COP(=O)(O)OCCN)OC(=O)CCCCCCCCCCCC=CCCCCCCCC. The third kappa shape index (κ3) is 41.2. The normalized spacial score (nSPS) is 13.9. The van der Waals surface area contributed by atoms with Crippen molar-refractivity contribution in [3.05, 3.63) is 60.8 Å². The van der Waals surface area contributed by atoms with Gasteiger partial charge in [-0.25, -0.2) is 4.57 Å². The molecular weight excluding hydrogens is 713 g/mol. The molecule has 9 nitrogen and oxygen atoms in total. The number of nitrogens with two attached hydrogens (primary N) is 1. The number of allylic oxidation sites excluding steroid dienone is 10. The monoisotopic (exact) mass is 794 g/mol. The molecule has 0 aliphatic rings. The zero-order valence-corrected chi connectivity index (χ0v) is 35.8. The molecule has 0 aromatic carbocycles. The number of rotatable bonds is 40. The third-order valence-electron chi connectivity index (χ3n) is 8.89. The average molecular weight is 794 g/mol. The Labute approximate surface area is 336 Å². The molecule has 0 heterocycles. The maximum atomic E-state index is 12.6. The van der Waals surface area contributed by atoms with Crippen LogP contribution in [0.5, 0.6) is 0 Å². The average Bonchev–Trinajstić information content (AvgIpc) is 3.17. The second-order valence-corrected chi connectivity index (χ2v) is 15.6. The lowest BCUT2D eigenvalue weighted by molar-refractivity contribution is -0.161. The minimum Gasteiger partial charge on any atom is -0.462 e. The highest BCUT2D eigenvalue weighted by Crippen LogP contribution is 2.43. The van der Waals surface area contributed by atoms with Crippen LogP contribution < -0.4 is 5.73 Å². The molecule has 0 saturated heterocycles. The fourth-order valence-electron chi connectivity index (χ4n) is 5.68. The van der Waals surface area contributed by atoms with Crippen LogP contribution in [-0.2, 0) is 32.7 Å². The van der Waals surface area contributed by atoms with E-state index in [1.807, 2.05) is 0 Å². The molecule has 318 valence electrons. The number of carbonyl (C=O) groups excluding carboxylic acids is 2. The number of ether oxygens (including phenoxy) is 2. The molecule has 0 radical (unpaired) electrons. The van der Waals surface area contributed by atoms with Gasteiger partial charge in [-0.15, -0.1) is 0 Å². The summed E-state index contributed by atoms with van der Waals surface area (Å²) in [7, 11) is -4.39. The van der Waals surface area contributed by atoms with Crippen molar-refractivity contribution in [2.45, 2.75) is 187 Å². The van der Waals surface area contributed by atoms with Gasteiger partial charge in [-0.3, -0.25) is 18.6 Å². The van der Waals surface area contributed by atoms with E-state index in [1.165, 1.54) is 83.5 Å². The highest BCUT2D eigenvalue weighted by molar-refractivity contribution is 7.47. The Kier molecular flexibility index (Phi) is 39.6. The molecule has 0 amide bonds. The molecule has 0 fully saturated rings. The zero-order chi connectivity index (χ0) is 40.3. The lowest BCUT2D eigenvalue weighted by atomic mass is 10.1. The number of hydrogen-bond acceptors (Lipinski definition) is 8. The predicted molar refractivity (Wildman–Crippen MR) is 229 cm³/mol. The van der Waals surface area contributed by atoms with Gasteiger partial charge in [-0.1, -0.05) is 152 Å². The van der Waals surface area contributed by atoms with Gasteiger partial charge in [-0.05, 0) is 77.0 Å². The molecule has 0 saturated carbocycles. The largest absolute Gasteiger partial charge is 0.472 e. The number of hydrogen-bond donors (Lipinski definition) is 2. The Morgan fingerprint density at radius 3 is 1.55 bits per heavy atom. The van der Waals surface area contributed by atoms with Gasteiger partial charge in [0.05, 0.1) is 13.2 Å². The summed E-state index contributed by atoms with van der Waals surface area (Å²) in [6, 6.07) is 0. The van der Waals surface area contributed by atoms with Crippen LogP contribution in [-0.4, -0.2) is 49.3 Å². The first-order valence-electron chi connectivity index (χ1n) is 21.8. The van der Waals surface area contributed by atoms with E-state index in [0.29, 0.717) is 12.8 Å². The molecule has 1 unspecified atom stereocenters. The first kappa shape index (κ1) is 52.7. The molecule has 2 atom stereocenters. The lowest BCUT2D eigenvalue weighted by Crippen LogP contribution is -2.29. The van der Waals surface area contributed by atoms with Crippen molar-refractivity contribution in [3.63, 3.8) is 0 Å². The van der Waals surface area contributed by atoms with E-state index in [1.54, 1.807) is 0 Å². The first-order valence-corrected chi connectivity index (χ1v) is 23.3. The van der Waals surface area contributed by atoms with Crippen LogP contribution in [0, 0.1) is 0 Å². The fourth-order valence-corrected chi connectivity index (χ4v) is 6.44. The first-order chi connectivity index (χ1) is 26.8. The maximum absolute atomic E-state index is 12.6. The van der Waals surface area contributed by atoms with Crippen molar-refractivity contribution in [3.8, 4) is 0 Å². The number of phosphoric ester groups is 1. The summed E-state index contributed by atoms with van der Waals surface area (Å²) in [5.74, 6) is -0.882. The Morgan fingerprint density at radius 2 is 1.00 bits per heavy atom. The van der Waals surface area contributed by atoms with Crippen LogP contribution >= 0.6 is 7.82 Å². The summed E-state index contributed by atoms with van der Waals surface area (Å²) < 4.78 is 32.7. The Balaban J connectivity index is 4.20. The van der Waals surface area contributed by atoms with E-state index >= 15 is 0 Å². The van der Waals surface area contributed by atoms with E-state index in [9.17, 15) is 19.0 Å². The van der Waals surface area contributed by atoms with Crippen LogP contribution in [0.3, 0.4) is 0 Å². The Morgan fingerprint density at radius 1 is 0.564 bits per heavy atom. The van der Waals surface area contributed by atoms with Gasteiger partial charge >= 0.3 is 19.8 Å². The minimum atomic E-state index is -4.39. The van der Waals surface area contributed by atoms with Crippen molar-refractivity contribution < 1.29 is 37.6 Å². The second-order valence-electron chi connectivity index (χ2n) is 14.2. The standard InChI is InChI=1S/C45H80NO8P/c1-3-5-7-9-11-13-15-17-19-20-21-22-24-26-28-30-32-34-36-38-45(48)54-43(42-53-55(49,50)52-40-39-46)41-51-44(47)37-35-33-31-29-27-25-23-18-16-14-12-10-8-6-4-2/h6,8,12,14,17-19,23,27,29,43H,3-5,7,9-11,13,15-16,20-22,24-26,28,30-42,46H2,1-2H3,(H,49,50)/t43-/m1/s1. The van der Waals surface area contributed by atoms with Crippen LogP contribution in [0.25, 0.3) is 0 Å². The highest BCUT2D eigenvalue weighted by atomic mass is 31.2. The molecule has 0 aliphatic carbocycles. The molecule has 0 rings (SSSR count). The van der Waals surface area contributed by atoms with Crippen LogP contribution in [0.1, 0.15) is 181 Å². The summed E-state index contributed by atoms with van der Waals surface area (Å²) in [4.78, 5) is 34.8. The molecule has 10 heteroatoms. The maximum Gasteiger partial charge on any atom is 0.472 e. The number of carbonyl (C=O) groups is 2. The quantitative estimate of drug-likeness (QED) is 0.0269. The molecule has 0 aromatic rings. The summed E-state index contributed by atoms with van der Waals surface area (Å²) in [6.07, 6.45) is 48.3. The molecule has 3 N–H and O–H groups in total. The van der Waals surface area contributed by atoms with Gasteiger partial charge < -0.3 is 20.1 Å². The van der Waals surface area contributed by atoms with Gasteiger partial charge in [-0.2, -0.15) is 0 Å². The zero-order valence-electron chi connectivity index (χ0n) is 34.9. The molecule has 55 heavy (non-hydrogen) atoms. The molecule has 0 aliphatic heterocycles. The molecule has 0 aromatic heterocycles. The summed E-state index contributed by atoms with van der Waals surface area (Å²) >= 11 is 0. The van der Waals surface area contributed by atoms with Gasteiger partial charge in [0.15, 0.2) is 6.10 Å². The van der Waals surface area contributed by atoms with Crippen molar-refractivity contribution >= 4 is 19.8 Å².